The summed E-state index contributed by atoms with van der Waals surface area (Å²) < 4.78 is 5.31. The number of rotatable bonds is 5. The first-order valence-electron chi connectivity index (χ1n) is 5.67. The second-order valence-electron chi connectivity index (χ2n) is 3.74. The number of ether oxygens (including phenoxy) is 1. The molecule has 6 nitrogen and oxygen atoms in total. The van der Waals surface area contributed by atoms with Gasteiger partial charge in [0.25, 0.3) is 5.78 Å². The Kier molecular flexibility index (Phi) is 3.61. The number of hydrogen-bond donors (Lipinski definition) is 2. The van der Waals surface area contributed by atoms with Crippen molar-refractivity contribution >= 4 is 11.8 Å². The SMILES string of the molecule is CCOc1ccc(-c2ncc(C(=O)C(=O)O)[nH]2)cc1. The molecule has 0 unspecified atom stereocenters. The van der Waals surface area contributed by atoms with Gasteiger partial charge in [-0.05, 0) is 31.2 Å². The van der Waals surface area contributed by atoms with Crippen LogP contribution in [0.15, 0.2) is 30.5 Å². The van der Waals surface area contributed by atoms with Gasteiger partial charge in [0.1, 0.15) is 17.3 Å². The minimum Gasteiger partial charge on any atom is -0.494 e. The van der Waals surface area contributed by atoms with Crippen LogP contribution in [0.4, 0.5) is 0 Å². The van der Waals surface area contributed by atoms with E-state index in [1.807, 2.05) is 6.92 Å². The first-order chi connectivity index (χ1) is 9.11. The Balaban J connectivity index is 2.23. The van der Waals surface area contributed by atoms with Crippen molar-refractivity contribution in [2.75, 3.05) is 6.61 Å². The summed E-state index contributed by atoms with van der Waals surface area (Å²) in [7, 11) is 0. The molecule has 0 bridgehead atoms. The van der Waals surface area contributed by atoms with Crippen LogP contribution in [0.2, 0.25) is 0 Å². The summed E-state index contributed by atoms with van der Waals surface area (Å²) in [6.45, 7) is 2.47. The molecule has 1 aromatic heterocycles. The number of H-pyrrole nitrogens is 1. The molecule has 98 valence electrons. The van der Waals surface area contributed by atoms with E-state index < -0.39 is 11.8 Å². The monoisotopic (exact) mass is 260 g/mol. The Labute approximate surface area is 109 Å². The Morgan fingerprint density at radius 1 is 1.32 bits per heavy atom. The average Bonchev–Trinajstić information content (AvgIpc) is 2.88. The lowest BCUT2D eigenvalue weighted by Gasteiger charge is -2.03. The molecule has 0 aliphatic rings. The minimum absolute atomic E-state index is 0.0450. The van der Waals surface area contributed by atoms with Gasteiger partial charge in [-0.1, -0.05) is 0 Å². The highest BCUT2D eigenvalue weighted by atomic mass is 16.5. The van der Waals surface area contributed by atoms with Crippen LogP contribution in [-0.2, 0) is 4.79 Å². The molecular formula is C13H12N2O4. The van der Waals surface area contributed by atoms with Crippen molar-refractivity contribution in [3.05, 3.63) is 36.2 Å². The van der Waals surface area contributed by atoms with Crippen molar-refractivity contribution < 1.29 is 19.4 Å². The molecule has 2 aromatic rings. The van der Waals surface area contributed by atoms with Gasteiger partial charge in [0.15, 0.2) is 0 Å². The zero-order valence-electron chi connectivity index (χ0n) is 10.2. The fourth-order valence-corrected chi connectivity index (χ4v) is 1.57. The fraction of sp³-hybridized carbons (Fsp3) is 0.154. The summed E-state index contributed by atoms with van der Waals surface area (Å²) in [5, 5.41) is 8.60. The number of nitrogens with zero attached hydrogens (tertiary/aromatic N) is 1. The highest BCUT2D eigenvalue weighted by molar-refractivity contribution is 6.39. The lowest BCUT2D eigenvalue weighted by atomic mass is 10.2. The van der Waals surface area contributed by atoms with Crippen LogP contribution < -0.4 is 4.74 Å². The van der Waals surface area contributed by atoms with Crippen LogP contribution in [0.3, 0.4) is 0 Å². The molecule has 2 N–H and O–H groups in total. The summed E-state index contributed by atoms with van der Waals surface area (Å²) in [6, 6.07) is 7.11. The molecule has 6 heteroatoms. The number of ketones is 1. The van der Waals surface area contributed by atoms with Crippen molar-refractivity contribution in [3.63, 3.8) is 0 Å². The van der Waals surface area contributed by atoms with E-state index in [0.717, 1.165) is 11.3 Å². The lowest BCUT2D eigenvalue weighted by molar-refractivity contribution is -0.131. The number of carbonyl (C=O) groups is 2. The van der Waals surface area contributed by atoms with Gasteiger partial charge >= 0.3 is 5.97 Å². The number of benzene rings is 1. The molecule has 0 saturated heterocycles. The molecule has 0 fully saturated rings. The molecule has 1 heterocycles. The number of imidazole rings is 1. The zero-order chi connectivity index (χ0) is 13.8. The van der Waals surface area contributed by atoms with Gasteiger partial charge in [0.05, 0.1) is 12.8 Å². The number of carbonyl (C=O) groups excluding carboxylic acids is 1. The molecule has 0 spiro atoms. The topological polar surface area (TPSA) is 92.3 Å². The number of aromatic amines is 1. The quantitative estimate of drug-likeness (QED) is 0.631. The van der Waals surface area contributed by atoms with E-state index in [2.05, 4.69) is 9.97 Å². The van der Waals surface area contributed by atoms with Crippen LogP contribution in [0.5, 0.6) is 5.75 Å². The van der Waals surface area contributed by atoms with Gasteiger partial charge in [-0.15, -0.1) is 0 Å². The van der Waals surface area contributed by atoms with E-state index in [0.29, 0.717) is 12.4 Å². The molecule has 2 rings (SSSR count). The molecule has 0 aliphatic carbocycles. The van der Waals surface area contributed by atoms with Crippen molar-refractivity contribution in [1.82, 2.24) is 9.97 Å². The molecule has 0 aliphatic heterocycles. The van der Waals surface area contributed by atoms with Crippen LogP contribution >= 0.6 is 0 Å². The van der Waals surface area contributed by atoms with E-state index in [9.17, 15) is 9.59 Å². The third-order valence-electron chi connectivity index (χ3n) is 2.45. The van der Waals surface area contributed by atoms with E-state index in [1.54, 1.807) is 24.3 Å². The van der Waals surface area contributed by atoms with Crippen molar-refractivity contribution in [3.8, 4) is 17.1 Å². The van der Waals surface area contributed by atoms with E-state index in [1.165, 1.54) is 6.20 Å². The molecule has 1 aromatic carbocycles. The number of carboxylic acid groups (broad SMARTS) is 1. The smallest absolute Gasteiger partial charge is 0.378 e. The summed E-state index contributed by atoms with van der Waals surface area (Å²) in [5.74, 6) is -1.35. The molecular weight excluding hydrogens is 248 g/mol. The highest BCUT2D eigenvalue weighted by Crippen LogP contribution is 2.20. The third-order valence-corrected chi connectivity index (χ3v) is 2.45. The van der Waals surface area contributed by atoms with E-state index >= 15 is 0 Å². The maximum absolute atomic E-state index is 11.2. The first kappa shape index (κ1) is 12.8. The van der Waals surface area contributed by atoms with Crippen LogP contribution in [-0.4, -0.2) is 33.4 Å². The number of aliphatic carboxylic acids is 1. The molecule has 19 heavy (non-hydrogen) atoms. The van der Waals surface area contributed by atoms with Gasteiger partial charge in [0, 0.05) is 5.56 Å². The Morgan fingerprint density at radius 3 is 2.58 bits per heavy atom. The third kappa shape index (κ3) is 2.79. The van der Waals surface area contributed by atoms with Gasteiger partial charge in [-0.25, -0.2) is 9.78 Å². The summed E-state index contributed by atoms with van der Waals surface area (Å²) in [5.41, 5.74) is 0.698. The molecule has 0 saturated carbocycles. The number of carboxylic acids is 1. The van der Waals surface area contributed by atoms with Crippen LogP contribution in [0, 0.1) is 0 Å². The maximum Gasteiger partial charge on any atom is 0.378 e. The van der Waals surface area contributed by atoms with E-state index in [4.69, 9.17) is 9.84 Å². The molecule has 0 radical (unpaired) electrons. The Bertz CT molecular complexity index is 601. The van der Waals surface area contributed by atoms with Gasteiger partial charge in [0.2, 0.25) is 0 Å². The van der Waals surface area contributed by atoms with E-state index in [-0.39, 0.29) is 5.69 Å². The fourth-order valence-electron chi connectivity index (χ4n) is 1.57. The second kappa shape index (κ2) is 5.34. The Morgan fingerprint density at radius 2 is 2.00 bits per heavy atom. The summed E-state index contributed by atoms with van der Waals surface area (Å²) in [6.07, 6.45) is 1.21. The maximum atomic E-state index is 11.2. The predicted octanol–water partition coefficient (Wildman–Crippen LogP) is 1.74. The van der Waals surface area contributed by atoms with Gasteiger partial charge in [-0.2, -0.15) is 0 Å². The number of aromatic nitrogens is 2. The largest absolute Gasteiger partial charge is 0.494 e. The minimum atomic E-state index is -1.51. The lowest BCUT2D eigenvalue weighted by Crippen LogP contribution is -2.12. The van der Waals surface area contributed by atoms with Gasteiger partial charge in [-0.3, -0.25) is 4.79 Å². The Hall–Kier alpha value is -2.63. The number of nitrogens with one attached hydrogen (secondary N) is 1. The number of Topliss-reactive ketones (excluding diaryl/α,β-unsaturated/α-hetero) is 1. The van der Waals surface area contributed by atoms with Crippen LogP contribution in [0.1, 0.15) is 17.4 Å². The first-order valence-corrected chi connectivity index (χ1v) is 5.67. The number of hydrogen-bond acceptors (Lipinski definition) is 4. The predicted molar refractivity (Wildman–Crippen MR) is 67.2 cm³/mol. The molecule has 0 amide bonds. The summed E-state index contributed by atoms with van der Waals surface area (Å²) in [4.78, 5) is 28.5. The van der Waals surface area contributed by atoms with Gasteiger partial charge < -0.3 is 14.8 Å². The standard InChI is InChI=1S/C13H12N2O4/c1-2-19-9-5-3-8(4-6-9)12-14-7-10(15-12)11(16)13(17)18/h3-7H,2H2,1H3,(H,14,15)(H,17,18). The van der Waals surface area contributed by atoms with Crippen molar-refractivity contribution in [2.24, 2.45) is 0 Å². The molecule has 0 atom stereocenters. The second-order valence-corrected chi connectivity index (χ2v) is 3.74. The van der Waals surface area contributed by atoms with Crippen LogP contribution in [0.25, 0.3) is 11.4 Å². The van der Waals surface area contributed by atoms with Crippen molar-refractivity contribution in [1.29, 1.82) is 0 Å². The zero-order valence-corrected chi connectivity index (χ0v) is 10.2. The average molecular weight is 260 g/mol. The highest BCUT2D eigenvalue weighted by Gasteiger charge is 2.17. The summed E-state index contributed by atoms with van der Waals surface area (Å²) >= 11 is 0. The normalized spacial score (nSPS) is 10.2. The van der Waals surface area contributed by atoms with Crippen molar-refractivity contribution in [2.45, 2.75) is 6.92 Å².